The van der Waals surface area contributed by atoms with E-state index < -0.39 is 5.41 Å². The lowest BCUT2D eigenvalue weighted by atomic mass is 9.72. The van der Waals surface area contributed by atoms with Crippen LogP contribution >= 0.6 is 0 Å². The lowest BCUT2D eigenvalue weighted by Gasteiger charge is -2.45. The lowest BCUT2D eigenvalue weighted by Crippen LogP contribution is -2.62. The van der Waals surface area contributed by atoms with Crippen LogP contribution in [0.25, 0.3) is 0 Å². The van der Waals surface area contributed by atoms with Gasteiger partial charge in [-0.3, -0.25) is 14.5 Å². The zero-order chi connectivity index (χ0) is 23.3. The van der Waals surface area contributed by atoms with E-state index >= 15 is 0 Å². The minimum Gasteiger partial charge on any atom is -0.497 e. The highest BCUT2D eigenvalue weighted by molar-refractivity contribution is 5.90. The SMILES string of the molecule is CNC(=O)[C@H]1CN(C(=O)C2(c3ccc(OC)cc3)CCOCC2)CCN1Cc1ccccc1. The summed E-state index contributed by atoms with van der Waals surface area (Å²) in [5, 5.41) is 2.79. The van der Waals surface area contributed by atoms with Crippen molar-refractivity contribution in [1.29, 1.82) is 0 Å². The second-order valence-electron chi connectivity index (χ2n) is 8.76. The summed E-state index contributed by atoms with van der Waals surface area (Å²) in [6.45, 7) is 3.39. The Balaban J connectivity index is 1.57. The summed E-state index contributed by atoms with van der Waals surface area (Å²) in [5.74, 6) is 0.792. The number of methoxy groups -OCH3 is 1. The number of hydrogen-bond acceptors (Lipinski definition) is 5. The van der Waals surface area contributed by atoms with Crippen molar-refractivity contribution in [3.05, 3.63) is 65.7 Å². The number of rotatable bonds is 6. The number of ether oxygens (including phenoxy) is 2. The number of piperazine rings is 1. The molecule has 1 N–H and O–H groups in total. The fourth-order valence-electron chi connectivity index (χ4n) is 4.99. The summed E-state index contributed by atoms with van der Waals surface area (Å²) in [7, 11) is 3.29. The number of nitrogens with one attached hydrogen (secondary N) is 1. The molecule has 0 saturated carbocycles. The second-order valence-corrected chi connectivity index (χ2v) is 8.76. The maximum absolute atomic E-state index is 14.0. The molecule has 2 heterocycles. The number of amides is 2. The molecule has 4 rings (SSSR count). The number of nitrogens with zero attached hydrogens (tertiary/aromatic N) is 2. The quantitative estimate of drug-likeness (QED) is 0.729. The molecular formula is C26H33N3O4. The van der Waals surface area contributed by atoms with Gasteiger partial charge < -0.3 is 19.7 Å². The van der Waals surface area contributed by atoms with Crippen molar-refractivity contribution in [3.63, 3.8) is 0 Å². The Bertz CT molecular complexity index is 942. The van der Waals surface area contributed by atoms with Gasteiger partial charge in [0.2, 0.25) is 11.8 Å². The van der Waals surface area contributed by atoms with Gasteiger partial charge in [0.1, 0.15) is 11.8 Å². The van der Waals surface area contributed by atoms with Crippen molar-refractivity contribution in [2.45, 2.75) is 30.8 Å². The molecule has 2 amide bonds. The van der Waals surface area contributed by atoms with Crippen molar-refractivity contribution >= 4 is 11.8 Å². The Hall–Kier alpha value is -2.90. The molecule has 2 saturated heterocycles. The van der Waals surface area contributed by atoms with E-state index in [9.17, 15) is 9.59 Å². The minimum atomic E-state index is -0.640. The molecule has 0 radical (unpaired) electrons. The van der Waals surface area contributed by atoms with Crippen molar-refractivity contribution in [3.8, 4) is 5.75 Å². The molecule has 2 aromatic carbocycles. The molecule has 0 bridgehead atoms. The second kappa shape index (κ2) is 10.4. The Morgan fingerprint density at radius 3 is 2.39 bits per heavy atom. The summed E-state index contributed by atoms with van der Waals surface area (Å²) in [6, 6.07) is 17.5. The van der Waals surface area contributed by atoms with E-state index in [4.69, 9.17) is 9.47 Å². The summed E-state index contributed by atoms with van der Waals surface area (Å²) in [6.07, 6.45) is 1.26. The van der Waals surface area contributed by atoms with E-state index in [0.29, 0.717) is 52.2 Å². The molecular weight excluding hydrogens is 418 g/mol. The third-order valence-electron chi connectivity index (χ3n) is 6.95. The molecule has 2 aliphatic heterocycles. The van der Waals surface area contributed by atoms with Crippen LogP contribution in [0.15, 0.2) is 54.6 Å². The number of benzene rings is 2. The zero-order valence-corrected chi connectivity index (χ0v) is 19.5. The maximum Gasteiger partial charge on any atom is 0.238 e. The summed E-state index contributed by atoms with van der Waals surface area (Å²) >= 11 is 0. The van der Waals surface area contributed by atoms with E-state index in [-0.39, 0.29) is 17.9 Å². The van der Waals surface area contributed by atoms with Crippen LogP contribution in [-0.2, 0) is 26.3 Å². The fourth-order valence-corrected chi connectivity index (χ4v) is 4.99. The molecule has 7 heteroatoms. The van der Waals surface area contributed by atoms with Gasteiger partial charge in [0, 0.05) is 46.4 Å². The van der Waals surface area contributed by atoms with Gasteiger partial charge in [-0.05, 0) is 36.1 Å². The maximum atomic E-state index is 14.0. The smallest absolute Gasteiger partial charge is 0.238 e. The molecule has 2 fully saturated rings. The molecule has 33 heavy (non-hydrogen) atoms. The van der Waals surface area contributed by atoms with E-state index in [0.717, 1.165) is 16.9 Å². The Morgan fingerprint density at radius 1 is 1.06 bits per heavy atom. The van der Waals surface area contributed by atoms with Crippen molar-refractivity contribution in [2.75, 3.05) is 47.0 Å². The van der Waals surface area contributed by atoms with E-state index in [1.165, 1.54) is 0 Å². The van der Waals surface area contributed by atoms with E-state index in [2.05, 4.69) is 22.3 Å². The fraction of sp³-hybridized carbons (Fsp3) is 0.462. The average molecular weight is 452 g/mol. The number of hydrogen-bond donors (Lipinski definition) is 1. The molecule has 0 spiro atoms. The topological polar surface area (TPSA) is 71.1 Å². The minimum absolute atomic E-state index is 0.0612. The number of carbonyl (C=O) groups excluding carboxylic acids is 2. The third kappa shape index (κ3) is 4.89. The van der Waals surface area contributed by atoms with Gasteiger partial charge >= 0.3 is 0 Å². The molecule has 0 unspecified atom stereocenters. The summed E-state index contributed by atoms with van der Waals surface area (Å²) in [4.78, 5) is 30.9. The molecule has 176 valence electrons. The highest BCUT2D eigenvalue weighted by atomic mass is 16.5. The number of carbonyl (C=O) groups is 2. The van der Waals surface area contributed by atoms with Crippen LogP contribution in [0.3, 0.4) is 0 Å². The summed E-state index contributed by atoms with van der Waals surface area (Å²) in [5.41, 5.74) is 1.50. The first-order valence-electron chi connectivity index (χ1n) is 11.6. The van der Waals surface area contributed by atoms with Gasteiger partial charge in [-0.1, -0.05) is 42.5 Å². The zero-order valence-electron chi connectivity index (χ0n) is 19.5. The van der Waals surface area contributed by atoms with E-state index in [1.807, 2.05) is 47.4 Å². The highest BCUT2D eigenvalue weighted by Gasteiger charge is 2.46. The van der Waals surface area contributed by atoms with Gasteiger partial charge in [0.05, 0.1) is 12.5 Å². The summed E-state index contributed by atoms with van der Waals surface area (Å²) < 4.78 is 10.9. The Kier molecular flexibility index (Phi) is 7.30. The molecule has 1 atom stereocenters. The average Bonchev–Trinajstić information content (AvgIpc) is 2.89. The van der Waals surface area contributed by atoms with Gasteiger partial charge in [-0.2, -0.15) is 0 Å². The van der Waals surface area contributed by atoms with Crippen molar-refractivity contribution in [2.24, 2.45) is 0 Å². The van der Waals surface area contributed by atoms with Crippen LogP contribution in [0.4, 0.5) is 0 Å². The van der Waals surface area contributed by atoms with Crippen LogP contribution in [0.2, 0.25) is 0 Å². The van der Waals surface area contributed by atoms with Gasteiger partial charge in [0.25, 0.3) is 0 Å². The Morgan fingerprint density at radius 2 is 1.76 bits per heavy atom. The number of likely N-dealkylation sites (N-methyl/N-ethyl adjacent to an activating group) is 1. The first kappa shape index (κ1) is 23.3. The highest BCUT2D eigenvalue weighted by Crippen LogP contribution is 2.38. The van der Waals surface area contributed by atoms with Crippen molar-refractivity contribution in [1.82, 2.24) is 15.1 Å². The lowest BCUT2D eigenvalue weighted by molar-refractivity contribution is -0.146. The third-order valence-corrected chi connectivity index (χ3v) is 6.95. The molecule has 2 aromatic rings. The largest absolute Gasteiger partial charge is 0.497 e. The Labute approximate surface area is 195 Å². The van der Waals surface area contributed by atoms with Crippen molar-refractivity contribution < 1.29 is 19.1 Å². The predicted molar refractivity (Wildman–Crippen MR) is 126 cm³/mol. The predicted octanol–water partition coefficient (Wildman–Crippen LogP) is 2.20. The molecule has 0 aliphatic carbocycles. The van der Waals surface area contributed by atoms with E-state index in [1.54, 1.807) is 14.2 Å². The normalized spacial score (nSPS) is 20.8. The monoisotopic (exact) mass is 451 g/mol. The molecule has 0 aromatic heterocycles. The van der Waals surface area contributed by atoms with Crippen LogP contribution in [0.1, 0.15) is 24.0 Å². The molecule has 7 nitrogen and oxygen atoms in total. The standard InChI is InChI=1S/C26H33N3O4/c1-27-24(30)23-19-29(15-14-28(23)18-20-6-4-3-5-7-20)25(31)26(12-16-33-17-13-26)21-8-10-22(32-2)11-9-21/h3-11,23H,12-19H2,1-2H3,(H,27,30)/t23-/m1/s1. The van der Waals surface area contributed by atoms with Crippen LogP contribution in [-0.4, -0.2) is 74.7 Å². The van der Waals surface area contributed by atoms with Gasteiger partial charge in [-0.25, -0.2) is 0 Å². The van der Waals surface area contributed by atoms with Crippen LogP contribution < -0.4 is 10.1 Å². The van der Waals surface area contributed by atoms with Crippen LogP contribution in [0.5, 0.6) is 5.75 Å². The molecule has 2 aliphatic rings. The van der Waals surface area contributed by atoms with Gasteiger partial charge in [0.15, 0.2) is 0 Å². The van der Waals surface area contributed by atoms with Crippen LogP contribution in [0, 0.1) is 0 Å². The first-order valence-corrected chi connectivity index (χ1v) is 11.6. The first-order chi connectivity index (χ1) is 16.1. The van der Waals surface area contributed by atoms with Gasteiger partial charge in [-0.15, -0.1) is 0 Å².